The van der Waals surface area contributed by atoms with Gasteiger partial charge in [-0.25, -0.2) is 22.0 Å². The molecule has 0 heterocycles. The molecule has 0 fully saturated rings. The Morgan fingerprint density at radius 2 is 1.10 bits per heavy atom. The van der Waals surface area contributed by atoms with Gasteiger partial charge in [-0.2, -0.15) is 4.39 Å². The Bertz CT molecular complexity index is 1310. The molecule has 4 aromatic rings. The van der Waals surface area contributed by atoms with Crippen LogP contribution < -0.4 is 0 Å². The molecule has 0 saturated carbocycles. The highest BCUT2D eigenvalue weighted by molar-refractivity contribution is 5.87. The van der Waals surface area contributed by atoms with Crippen molar-refractivity contribution in [2.24, 2.45) is 0 Å². The van der Waals surface area contributed by atoms with Crippen LogP contribution in [0.15, 0.2) is 36.4 Å². The molecule has 0 unspecified atom stereocenters. The lowest BCUT2D eigenvalue weighted by Crippen LogP contribution is -1.91. The Morgan fingerprint density at radius 3 is 1.77 bits per heavy atom. The molecular formula is C20H10F6O4. The lowest BCUT2D eigenvalue weighted by Gasteiger charge is -2.05. The largest absolute Gasteiger partial charge is 0.505 e. The van der Waals surface area contributed by atoms with E-state index >= 15 is 0 Å². The molecule has 0 aromatic heterocycles. The average molecular weight is 428 g/mol. The summed E-state index contributed by atoms with van der Waals surface area (Å²) in [6, 6.07) is 5.67. The SMILES string of the molecule is Oc1cc2ccc(O)c(F)c2c(F)c1F.Oc1ccc2c(F)c(O)c(F)cc2c1F. The summed E-state index contributed by atoms with van der Waals surface area (Å²) in [6.07, 6.45) is 0. The van der Waals surface area contributed by atoms with E-state index in [1.807, 2.05) is 0 Å². The average Bonchev–Trinajstić information content (AvgIpc) is 2.71. The number of hydrogen-bond donors (Lipinski definition) is 4. The molecule has 156 valence electrons. The summed E-state index contributed by atoms with van der Waals surface area (Å²) in [5.74, 6) is -11.5. The van der Waals surface area contributed by atoms with E-state index in [-0.39, 0.29) is 10.8 Å². The zero-order chi connectivity index (χ0) is 22.3. The van der Waals surface area contributed by atoms with Gasteiger partial charge in [0.1, 0.15) is 0 Å². The lowest BCUT2D eigenvalue weighted by atomic mass is 10.1. The fourth-order valence-electron chi connectivity index (χ4n) is 2.70. The first-order valence-electron chi connectivity index (χ1n) is 8.00. The number of aromatic hydroxyl groups is 4. The second kappa shape index (κ2) is 7.54. The van der Waals surface area contributed by atoms with Crippen LogP contribution in [0.3, 0.4) is 0 Å². The molecule has 0 bridgehead atoms. The standard InChI is InChI=1S/2C10H5F3O2/c11-6-3-5-4(9(13)10(6)15)1-2-7(14)8(5)12;11-8-5(14)2-1-4-3-6(15)9(12)10(13)7(4)8/h2*1-3,14-15H. The maximum absolute atomic E-state index is 13.2. The van der Waals surface area contributed by atoms with E-state index in [2.05, 4.69) is 0 Å². The predicted molar refractivity (Wildman–Crippen MR) is 94.3 cm³/mol. The molecule has 30 heavy (non-hydrogen) atoms. The summed E-state index contributed by atoms with van der Waals surface area (Å²) in [4.78, 5) is 0. The van der Waals surface area contributed by atoms with Crippen molar-refractivity contribution in [2.75, 3.05) is 0 Å². The quantitative estimate of drug-likeness (QED) is 0.285. The van der Waals surface area contributed by atoms with Crippen LogP contribution in [0, 0.1) is 34.9 Å². The van der Waals surface area contributed by atoms with Crippen molar-refractivity contribution in [3.05, 3.63) is 71.3 Å². The molecular weight excluding hydrogens is 418 g/mol. The molecule has 4 rings (SSSR count). The van der Waals surface area contributed by atoms with E-state index in [1.165, 1.54) is 6.07 Å². The van der Waals surface area contributed by atoms with Gasteiger partial charge in [0.15, 0.2) is 52.1 Å². The van der Waals surface area contributed by atoms with Gasteiger partial charge < -0.3 is 20.4 Å². The monoisotopic (exact) mass is 428 g/mol. The Kier molecular flexibility index (Phi) is 5.26. The molecule has 0 saturated heterocycles. The Hall–Kier alpha value is -3.82. The van der Waals surface area contributed by atoms with Crippen molar-refractivity contribution >= 4 is 21.5 Å². The maximum Gasteiger partial charge on any atom is 0.201 e. The van der Waals surface area contributed by atoms with Gasteiger partial charge in [-0.05, 0) is 35.7 Å². The molecule has 0 spiro atoms. The molecule has 0 aliphatic heterocycles. The molecule has 4 N–H and O–H groups in total. The third-order valence-corrected chi connectivity index (χ3v) is 4.18. The second-order valence-corrected chi connectivity index (χ2v) is 6.04. The van der Waals surface area contributed by atoms with E-state index < -0.39 is 68.7 Å². The van der Waals surface area contributed by atoms with Gasteiger partial charge in [0.05, 0.1) is 5.39 Å². The van der Waals surface area contributed by atoms with Crippen molar-refractivity contribution in [1.29, 1.82) is 0 Å². The highest BCUT2D eigenvalue weighted by Crippen LogP contribution is 2.34. The van der Waals surface area contributed by atoms with Gasteiger partial charge in [0.2, 0.25) is 5.82 Å². The van der Waals surface area contributed by atoms with E-state index in [4.69, 9.17) is 20.4 Å². The van der Waals surface area contributed by atoms with Gasteiger partial charge in [0, 0.05) is 10.8 Å². The summed E-state index contributed by atoms with van der Waals surface area (Å²) >= 11 is 0. The molecule has 0 amide bonds. The van der Waals surface area contributed by atoms with E-state index in [0.29, 0.717) is 6.07 Å². The third-order valence-electron chi connectivity index (χ3n) is 4.18. The topological polar surface area (TPSA) is 80.9 Å². The van der Waals surface area contributed by atoms with Crippen molar-refractivity contribution in [3.8, 4) is 23.0 Å². The molecule has 4 aromatic carbocycles. The van der Waals surface area contributed by atoms with E-state index in [0.717, 1.165) is 24.3 Å². The minimum atomic E-state index is -1.54. The second-order valence-electron chi connectivity index (χ2n) is 6.04. The number of hydrogen-bond acceptors (Lipinski definition) is 4. The third kappa shape index (κ3) is 3.36. The maximum atomic E-state index is 13.2. The molecule has 0 aliphatic rings. The van der Waals surface area contributed by atoms with Crippen LogP contribution in [0.4, 0.5) is 26.3 Å². The summed E-state index contributed by atoms with van der Waals surface area (Å²) < 4.78 is 78.7. The van der Waals surface area contributed by atoms with E-state index in [1.54, 1.807) is 0 Å². The lowest BCUT2D eigenvalue weighted by molar-refractivity contribution is 0.399. The van der Waals surface area contributed by atoms with Gasteiger partial charge in [-0.3, -0.25) is 0 Å². The number of phenols is 4. The zero-order valence-corrected chi connectivity index (χ0v) is 14.5. The first-order valence-corrected chi connectivity index (χ1v) is 8.00. The summed E-state index contributed by atoms with van der Waals surface area (Å²) in [6.45, 7) is 0. The predicted octanol–water partition coefficient (Wildman–Crippen LogP) is 5.34. The normalized spacial score (nSPS) is 10.9. The first-order chi connectivity index (χ1) is 14.0. The van der Waals surface area contributed by atoms with Crippen molar-refractivity contribution in [2.45, 2.75) is 0 Å². The van der Waals surface area contributed by atoms with Crippen molar-refractivity contribution in [1.82, 2.24) is 0 Å². The van der Waals surface area contributed by atoms with Crippen molar-refractivity contribution < 1.29 is 46.8 Å². The fraction of sp³-hybridized carbons (Fsp3) is 0. The summed E-state index contributed by atoms with van der Waals surface area (Å²) in [7, 11) is 0. The molecule has 10 heteroatoms. The van der Waals surface area contributed by atoms with Gasteiger partial charge in [-0.1, -0.05) is 6.07 Å². The Labute approximate surface area is 163 Å². The minimum absolute atomic E-state index is 0.0262. The number of phenolic OH excluding ortho intramolecular Hbond substituents is 4. The first kappa shape index (κ1) is 20.9. The number of rotatable bonds is 0. The molecule has 0 atom stereocenters. The smallest absolute Gasteiger partial charge is 0.201 e. The molecule has 0 radical (unpaired) electrons. The van der Waals surface area contributed by atoms with Crippen molar-refractivity contribution in [3.63, 3.8) is 0 Å². The molecule has 0 aliphatic carbocycles. The van der Waals surface area contributed by atoms with Gasteiger partial charge in [-0.15, -0.1) is 0 Å². The highest BCUT2D eigenvalue weighted by atomic mass is 19.2. The van der Waals surface area contributed by atoms with Crippen LogP contribution in [0.2, 0.25) is 0 Å². The molecule has 4 nitrogen and oxygen atoms in total. The minimum Gasteiger partial charge on any atom is -0.505 e. The number of halogens is 6. The Balaban J connectivity index is 0.000000171. The van der Waals surface area contributed by atoms with Crippen LogP contribution in [0.5, 0.6) is 23.0 Å². The van der Waals surface area contributed by atoms with E-state index in [9.17, 15) is 26.3 Å². The van der Waals surface area contributed by atoms with Gasteiger partial charge >= 0.3 is 0 Å². The Morgan fingerprint density at radius 1 is 0.500 bits per heavy atom. The van der Waals surface area contributed by atoms with Crippen LogP contribution in [-0.2, 0) is 0 Å². The van der Waals surface area contributed by atoms with Gasteiger partial charge in [0.25, 0.3) is 0 Å². The summed E-state index contributed by atoms with van der Waals surface area (Å²) in [5, 5.41) is 34.4. The van der Waals surface area contributed by atoms with Crippen LogP contribution in [-0.4, -0.2) is 20.4 Å². The summed E-state index contributed by atoms with van der Waals surface area (Å²) in [5.41, 5.74) is 0. The highest BCUT2D eigenvalue weighted by Gasteiger charge is 2.18. The zero-order valence-electron chi connectivity index (χ0n) is 14.5. The van der Waals surface area contributed by atoms with Crippen LogP contribution >= 0.6 is 0 Å². The fourth-order valence-corrected chi connectivity index (χ4v) is 2.70. The van der Waals surface area contributed by atoms with Crippen LogP contribution in [0.1, 0.15) is 0 Å². The number of benzene rings is 4. The van der Waals surface area contributed by atoms with Crippen LogP contribution in [0.25, 0.3) is 21.5 Å². The number of fused-ring (bicyclic) bond motifs is 2.